The molecule has 4 aromatic heterocycles. The van der Waals surface area contributed by atoms with Gasteiger partial charge in [0.05, 0.1) is 58.7 Å². The van der Waals surface area contributed by atoms with Crippen molar-refractivity contribution in [3.63, 3.8) is 0 Å². The smallest absolute Gasteiger partial charge is 0.274 e. The minimum atomic E-state index is -3.97. The maximum atomic E-state index is 15.0. The number of thiazole rings is 1. The maximum absolute atomic E-state index is 15.0. The third-order valence-electron chi connectivity index (χ3n) is 14.8. The molecule has 6 atom stereocenters. The number of H-pyrrole nitrogens is 1. The topological polar surface area (TPSA) is 359 Å². The maximum Gasteiger partial charge on any atom is 0.274 e. The number of nitrogens with two attached hydrogens (primary N) is 1. The highest BCUT2D eigenvalue weighted by atomic mass is 32.2. The molecule has 2 aromatic carbocycles. The number of thioether (sulfide) groups is 1. The second kappa shape index (κ2) is 24.8. The van der Waals surface area contributed by atoms with E-state index in [4.69, 9.17) is 5.73 Å². The van der Waals surface area contributed by atoms with E-state index in [-0.39, 0.29) is 64.5 Å². The Morgan fingerprint density at radius 2 is 1.65 bits per heavy atom. The molecule has 454 valence electrons. The number of fused-ring (bicyclic) bond motifs is 3. The number of nitrogens with one attached hydrogen (secondary N) is 7. The lowest BCUT2D eigenvalue weighted by atomic mass is 9.85. The van der Waals surface area contributed by atoms with Crippen molar-refractivity contribution in [2.24, 2.45) is 18.2 Å². The van der Waals surface area contributed by atoms with Crippen LogP contribution >= 0.6 is 23.1 Å². The van der Waals surface area contributed by atoms with Gasteiger partial charge in [-0.25, -0.2) is 27.2 Å². The second-order valence-electron chi connectivity index (χ2n) is 22.3. The van der Waals surface area contributed by atoms with E-state index in [0.717, 1.165) is 45.1 Å². The van der Waals surface area contributed by atoms with Gasteiger partial charge < -0.3 is 62.1 Å². The Labute approximate surface area is 498 Å². The second-order valence-corrected chi connectivity index (χ2v) is 26.3. The van der Waals surface area contributed by atoms with Crippen LogP contribution in [0.1, 0.15) is 66.0 Å². The lowest BCUT2D eigenvalue weighted by Gasteiger charge is -2.35. The van der Waals surface area contributed by atoms with Gasteiger partial charge in [-0.15, -0.1) is 23.1 Å². The molecule has 2 fully saturated rings. The fourth-order valence-corrected chi connectivity index (χ4v) is 13.0. The summed E-state index contributed by atoms with van der Waals surface area (Å²) >= 11 is 2.21. The highest BCUT2D eigenvalue weighted by Crippen LogP contribution is 2.45. The van der Waals surface area contributed by atoms with E-state index in [0.29, 0.717) is 22.7 Å². The molecule has 0 bridgehead atoms. The molecular weight excluding hydrogens is 1180 g/mol. The first-order valence-electron chi connectivity index (χ1n) is 26.8. The number of aryl methyl sites for hydroxylation is 2. The molecule has 0 unspecified atom stereocenters. The number of hydrogen-bond acceptors (Lipinski definition) is 17. The standard InChI is InChI=1S/C56H61F2N13O12S3/c1-26-47(85-25-64-26)28-9-7-27(8-10-28)45-53(79)63-18-42(73)65-37(51(77)66-38(49(59)75)22-84-23-43(74)67-48(56(2,3)4)55(81)71-20-31(72)12-40(71)52(78)68-45)17-62-50(76)32-13-39-33(11-29(32)24-86(6,82)83)34-21-69(5)54(80)46-44(34)30(15-61-46)19-70(39)41-14-35(57)36(58)16-60-41/h7-11,13-16,21,25,31,37-38,40,45,48,61,72H,12,17-20,22-24H2,1-6H3,(H2,59,75)(H,62,76)(H,63,79)(H,65,73)(H,66,77)(H,67,74)(H,68,78)/t31-,37-,38-,40+,45-,48-/m1/s1. The highest BCUT2D eigenvalue weighted by Gasteiger charge is 2.45. The average molecular weight is 1240 g/mol. The Balaban J connectivity index is 1.06. The van der Waals surface area contributed by atoms with Crippen molar-refractivity contribution in [1.82, 2.24) is 56.3 Å². The van der Waals surface area contributed by atoms with Gasteiger partial charge in [-0.2, -0.15) is 0 Å². The molecule has 86 heavy (non-hydrogen) atoms. The molecule has 0 aliphatic carbocycles. The quantitative estimate of drug-likeness (QED) is 0.0983. The number of aliphatic hydroxyl groups is 1. The van der Waals surface area contributed by atoms with Gasteiger partial charge >= 0.3 is 0 Å². The van der Waals surface area contributed by atoms with Crippen molar-refractivity contribution in [2.75, 3.05) is 42.3 Å². The van der Waals surface area contributed by atoms with Crippen LogP contribution < -0.4 is 48.1 Å². The van der Waals surface area contributed by atoms with Crippen molar-refractivity contribution in [1.29, 1.82) is 0 Å². The average Bonchev–Trinajstić information content (AvgIpc) is 1.57. The van der Waals surface area contributed by atoms with E-state index in [1.165, 1.54) is 46.2 Å². The summed E-state index contributed by atoms with van der Waals surface area (Å²) < 4.78 is 57.1. The zero-order valence-corrected chi connectivity index (χ0v) is 49.7. The van der Waals surface area contributed by atoms with E-state index in [2.05, 4.69) is 46.9 Å². The molecular formula is C56H61F2N13O12S3. The van der Waals surface area contributed by atoms with Crippen LogP contribution in [-0.4, -0.2) is 153 Å². The first kappa shape index (κ1) is 61.9. The van der Waals surface area contributed by atoms with Crippen LogP contribution in [0.15, 0.2) is 71.4 Å². The Morgan fingerprint density at radius 3 is 2.31 bits per heavy atom. The van der Waals surface area contributed by atoms with Gasteiger partial charge in [0, 0.05) is 79.1 Å². The molecule has 3 aliphatic rings. The predicted molar refractivity (Wildman–Crippen MR) is 314 cm³/mol. The monoisotopic (exact) mass is 1240 g/mol. The van der Waals surface area contributed by atoms with Crippen LogP contribution in [-0.2, 0) is 62.7 Å². The number of pyridine rings is 2. The van der Waals surface area contributed by atoms with Crippen molar-refractivity contribution in [2.45, 2.75) is 82.7 Å². The van der Waals surface area contributed by atoms with E-state index >= 15 is 4.39 Å². The number of primary amides is 1. The number of benzene rings is 2. The van der Waals surface area contributed by atoms with Crippen molar-refractivity contribution in [3.8, 4) is 21.6 Å². The number of carbonyl (C=O) groups is 8. The summed E-state index contributed by atoms with van der Waals surface area (Å²) in [6, 6.07) is 2.52. The number of aromatic amines is 1. The number of hydrogen-bond donors (Lipinski definition) is 9. The number of sulfone groups is 1. The van der Waals surface area contributed by atoms with Crippen molar-refractivity contribution in [3.05, 3.63) is 117 Å². The molecule has 25 nitrogen and oxygen atoms in total. The molecule has 0 spiro atoms. The highest BCUT2D eigenvalue weighted by molar-refractivity contribution is 8.00. The molecule has 9 rings (SSSR count). The summed E-state index contributed by atoms with van der Waals surface area (Å²) in [5, 5.41) is 26.6. The van der Waals surface area contributed by atoms with Gasteiger partial charge in [-0.3, -0.25) is 43.2 Å². The van der Waals surface area contributed by atoms with Crippen LogP contribution in [0.25, 0.3) is 32.5 Å². The van der Waals surface area contributed by atoms with Gasteiger partial charge in [0.2, 0.25) is 41.4 Å². The van der Waals surface area contributed by atoms with Crippen LogP contribution in [0.5, 0.6) is 0 Å². The summed E-state index contributed by atoms with van der Waals surface area (Å²) in [5.74, 6) is -11.6. The number of aromatic nitrogens is 4. The Kier molecular flexibility index (Phi) is 17.8. The molecule has 2 saturated heterocycles. The summed E-state index contributed by atoms with van der Waals surface area (Å²) in [6.07, 6.45) is 3.22. The largest absolute Gasteiger partial charge is 0.391 e. The fourth-order valence-electron chi connectivity index (χ4n) is 10.5. The van der Waals surface area contributed by atoms with Crippen LogP contribution in [0.2, 0.25) is 0 Å². The SMILES string of the molecule is Cc1ncsc1-c1ccc([C@H]2NC(=O)[C@@H]3C[C@@H](O)CN3C(=O)[C@H](C(C)(C)C)NC(=O)CSC[C@H](C(N)=O)NC(=O)[C@@H](CNC(=O)c3cc4c(cc3CS(C)(=O)=O)-c3cn(C)c(=O)c5[nH]cc(c35)CN4c3cc(F)c(F)cn3)NC(=O)CNC2=O)cc1. The van der Waals surface area contributed by atoms with E-state index in [1.807, 2.05) is 6.92 Å². The normalized spacial score (nSPS) is 21.2. The number of halogens is 2. The molecule has 7 heterocycles. The molecule has 6 aromatic rings. The lowest BCUT2D eigenvalue weighted by Crippen LogP contribution is -2.58. The Bertz CT molecular complexity index is 3920. The van der Waals surface area contributed by atoms with E-state index in [1.54, 1.807) is 56.7 Å². The number of carbonyl (C=O) groups excluding carboxylic acids is 8. The predicted octanol–water partition coefficient (Wildman–Crippen LogP) is 1.23. The van der Waals surface area contributed by atoms with Gasteiger partial charge in [0.1, 0.15) is 41.5 Å². The first-order valence-corrected chi connectivity index (χ1v) is 30.9. The third-order valence-corrected chi connectivity index (χ3v) is 17.6. The van der Waals surface area contributed by atoms with Gasteiger partial charge in [0.15, 0.2) is 21.5 Å². The lowest BCUT2D eigenvalue weighted by molar-refractivity contribution is -0.144. The molecule has 8 amide bonds. The number of anilines is 2. The van der Waals surface area contributed by atoms with Crippen molar-refractivity contribution < 1.29 is 60.7 Å². The van der Waals surface area contributed by atoms with Crippen LogP contribution in [0, 0.1) is 24.0 Å². The summed E-state index contributed by atoms with van der Waals surface area (Å²) in [7, 11) is -2.48. The molecule has 0 radical (unpaired) electrons. The summed E-state index contributed by atoms with van der Waals surface area (Å²) in [4.78, 5) is 141. The minimum absolute atomic E-state index is 0.0918. The molecule has 30 heteroatoms. The number of aliphatic hydroxyl groups excluding tert-OH is 1. The Hall–Kier alpha value is -8.61. The third kappa shape index (κ3) is 13.4. The zero-order chi connectivity index (χ0) is 62.3. The number of nitrogens with zero attached hydrogens (tertiary/aromatic N) is 5. The molecule has 0 saturated carbocycles. The van der Waals surface area contributed by atoms with Crippen molar-refractivity contribution >= 4 is 103 Å². The number of amides is 8. The molecule has 3 aliphatic heterocycles. The summed E-state index contributed by atoms with van der Waals surface area (Å²) in [5.41, 5.74) is 8.77. The summed E-state index contributed by atoms with van der Waals surface area (Å²) in [6.45, 7) is 4.74. The van der Waals surface area contributed by atoms with Crippen LogP contribution in [0.4, 0.5) is 20.3 Å². The zero-order valence-electron chi connectivity index (χ0n) is 47.2. The molecule has 10 N–H and O–H groups in total. The van der Waals surface area contributed by atoms with E-state index < -0.39 is 141 Å². The number of rotatable bonds is 9. The van der Waals surface area contributed by atoms with Gasteiger partial charge in [-0.05, 0) is 46.7 Å². The van der Waals surface area contributed by atoms with Crippen LogP contribution in [0.3, 0.4) is 0 Å². The minimum Gasteiger partial charge on any atom is -0.391 e. The fraction of sp³-hybridized carbons (Fsp3) is 0.375. The Morgan fingerprint density at radius 1 is 0.919 bits per heavy atom. The van der Waals surface area contributed by atoms with Gasteiger partial charge in [0.25, 0.3) is 11.5 Å². The first-order chi connectivity index (χ1) is 40.6. The van der Waals surface area contributed by atoms with E-state index in [9.17, 15) is 61.1 Å². The van der Waals surface area contributed by atoms with Gasteiger partial charge in [-0.1, -0.05) is 45.0 Å².